The van der Waals surface area contributed by atoms with Crippen molar-refractivity contribution in [2.45, 2.75) is 0 Å². The maximum atomic E-state index is 2.48. The summed E-state index contributed by atoms with van der Waals surface area (Å²) in [6.07, 6.45) is 0. The maximum absolute atomic E-state index is 2.48. The van der Waals surface area contributed by atoms with Crippen LogP contribution in [0.2, 0.25) is 0 Å². The molecule has 47 heavy (non-hydrogen) atoms. The second kappa shape index (κ2) is 11.5. The normalized spacial score (nSPS) is 11.4. The van der Waals surface area contributed by atoms with Gasteiger partial charge < -0.3 is 4.90 Å². The van der Waals surface area contributed by atoms with Gasteiger partial charge in [0.25, 0.3) is 0 Å². The molecule has 222 valence electrons. The lowest BCUT2D eigenvalue weighted by Crippen LogP contribution is -2.11. The van der Waals surface area contributed by atoms with Crippen molar-refractivity contribution in [2.75, 3.05) is 4.90 Å². The van der Waals surface area contributed by atoms with Gasteiger partial charge in [-0.1, -0.05) is 140 Å². The highest BCUT2D eigenvalue weighted by molar-refractivity contribution is 7.24. The van der Waals surface area contributed by atoms with Crippen LogP contribution in [0.1, 0.15) is 0 Å². The average Bonchev–Trinajstić information content (AvgIpc) is 3.68. The van der Waals surface area contributed by atoms with Gasteiger partial charge in [-0.15, -0.1) is 11.3 Å². The first kappa shape index (κ1) is 27.4. The smallest absolute Gasteiger partial charge is 0.109 e. The first-order valence-corrected chi connectivity index (χ1v) is 16.8. The van der Waals surface area contributed by atoms with Crippen LogP contribution in [0.4, 0.5) is 17.1 Å². The second-order valence-corrected chi connectivity index (χ2v) is 12.8. The number of benzene rings is 7. The molecule has 2 heterocycles. The van der Waals surface area contributed by atoms with Gasteiger partial charge >= 0.3 is 0 Å². The molecule has 0 saturated carbocycles. The van der Waals surface area contributed by atoms with Crippen LogP contribution in [-0.2, 0) is 0 Å². The largest absolute Gasteiger partial charge is 0.308 e. The predicted octanol–water partition coefficient (Wildman–Crippen LogP) is 12.8. The maximum Gasteiger partial charge on any atom is 0.109 e. The highest BCUT2D eigenvalue weighted by Gasteiger charge is 2.23. The fourth-order valence-corrected chi connectivity index (χ4v) is 8.07. The van der Waals surface area contributed by atoms with E-state index >= 15 is 0 Å². The third-order valence-electron chi connectivity index (χ3n) is 9.01. The Bertz CT molecular complexity index is 2390. The summed E-state index contributed by atoms with van der Waals surface area (Å²) in [4.78, 5) is 3.67. The Hall–Kier alpha value is -5.90. The van der Waals surface area contributed by atoms with Crippen LogP contribution in [0.25, 0.3) is 59.3 Å². The third-order valence-corrected chi connectivity index (χ3v) is 10.1. The standard InChI is InChI=1S/C44H30N2S/c1-4-13-31(14-5-1)33-23-27-36(28-24-33)45(37-29-25-34(26-30-37)32-15-6-2-7-16-32)40-21-12-22-41-43(40)46-39-20-11-10-19-38(39)42(44(46)47-41)35-17-8-3-9-18-35/h1-30H. The lowest BCUT2D eigenvalue weighted by atomic mass is 10.0. The molecule has 0 unspecified atom stereocenters. The fraction of sp³-hybridized carbons (Fsp3) is 0. The molecule has 0 fully saturated rings. The number of para-hydroxylation sites is 2. The van der Waals surface area contributed by atoms with E-state index in [1.807, 2.05) is 11.3 Å². The molecule has 9 aromatic rings. The van der Waals surface area contributed by atoms with Crippen LogP contribution in [0.3, 0.4) is 0 Å². The minimum Gasteiger partial charge on any atom is -0.308 e. The Morgan fingerprint density at radius 2 is 0.894 bits per heavy atom. The SMILES string of the molecule is c1ccc(-c2ccc(N(c3ccc(-c4ccccc4)cc3)c3cccc4sc5c(-c6ccccc6)c6ccccc6n5c34)cc2)cc1. The van der Waals surface area contributed by atoms with Crippen molar-refractivity contribution in [1.29, 1.82) is 0 Å². The lowest BCUT2D eigenvalue weighted by molar-refractivity contribution is 1.27. The molecule has 3 heteroatoms. The van der Waals surface area contributed by atoms with Gasteiger partial charge in [-0.25, -0.2) is 0 Å². The molecule has 0 aliphatic heterocycles. The molecular formula is C44H30N2S. The van der Waals surface area contributed by atoms with Crippen LogP contribution in [0.15, 0.2) is 182 Å². The molecule has 9 rings (SSSR count). The van der Waals surface area contributed by atoms with Crippen molar-refractivity contribution in [3.8, 4) is 33.4 Å². The van der Waals surface area contributed by atoms with Gasteiger partial charge in [0.05, 0.1) is 21.4 Å². The molecule has 0 aliphatic carbocycles. The molecule has 7 aromatic carbocycles. The first-order chi connectivity index (χ1) is 23.3. The number of thiazole rings is 1. The van der Waals surface area contributed by atoms with Crippen LogP contribution in [0.5, 0.6) is 0 Å². The molecule has 2 nitrogen and oxygen atoms in total. The van der Waals surface area contributed by atoms with Crippen LogP contribution >= 0.6 is 11.3 Å². The zero-order valence-electron chi connectivity index (χ0n) is 25.6. The van der Waals surface area contributed by atoms with Gasteiger partial charge in [-0.2, -0.15) is 0 Å². The van der Waals surface area contributed by atoms with E-state index in [0.717, 1.165) is 17.1 Å². The number of aromatic nitrogens is 1. The predicted molar refractivity (Wildman–Crippen MR) is 201 cm³/mol. The van der Waals surface area contributed by atoms with E-state index in [-0.39, 0.29) is 0 Å². The molecule has 0 amide bonds. The van der Waals surface area contributed by atoms with E-state index in [0.29, 0.717) is 0 Å². The quantitative estimate of drug-likeness (QED) is 0.180. The Morgan fingerprint density at radius 1 is 0.404 bits per heavy atom. The molecule has 0 aliphatic rings. The van der Waals surface area contributed by atoms with Crippen LogP contribution < -0.4 is 4.90 Å². The summed E-state index contributed by atoms with van der Waals surface area (Å²) in [7, 11) is 0. The summed E-state index contributed by atoms with van der Waals surface area (Å²) in [5, 5.41) is 1.27. The molecule has 0 bridgehead atoms. The van der Waals surface area contributed by atoms with Crippen molar-refractivity contribution in [2.24, 2.45) is 0 Å². The van der Waals surface area contributed by atoms with Crippen LogP contribution in [0, 0.1) is 0 Å². The molecule has 0 atom stereocenters. The number of nitrogens with zero attached hydrogens (tertiary/aromatic N) is 2. The zero-order chi connectivity index (χ0) is 31.2. The second-order valence-electron chi connectivity index (χ2n) is 11.8. The monoisotopic (exact) mass is 618 g/mol. The minimum absolute atomic E-state index is 1.11. The Kier molecular flexibility index (Phi) is 6.69. The van der Waals surface area contributed by atoms with Crippen molar-refractivity contribution in [1.82, 2.24) is 4.40 Å². The Labute approximate surface area is 278 Å². The van der Waals surface area contributed by atoms with Crippen molar-refractivity contribution in [3.05, 3.63) is 182 Å². The average molecular weight is 619 g/mol. The fourth-order valence-electron chi connectivity index (χ4n) is 6.82. The van der Waals surface area contributed by atoms with Gasteiger partial charge in [-0.05, 0) is 70.3 Å². The summed E-state index contributed by atoms with van der Waals surface area (Å²) < 4.78 is 3.74. The highest BCUT2D eigenvalue weighted by atomic mass is 32.1. The van der Waals surface area contributed by atoms with Crippen molar-refractivity contribution < 1.29 is 0 Å². The molecule has 0 N–H and O–H groups in total. The number of anilines is 3. The summed E-state index contributed by atoms with van der Waals surface area (Å²) >= 11 is 1.87. The highest BCUT2D eigenvalue weighted by Crippen LogP contribution is 2.47. The van der Waals surface area contributed by atoms with Gasteiger partial charge in [0.15, 0.2) is 0 Å². The Morgan fingerprint density at radius 3 is 1.47 bits per heavy atom. The number of rotatable bonds is 6. The minimum atomic E-state index is 1.11. The van der Waals surface area contributed by atoms with Crippen molar-refractivity contribution in [3.63, 3.8) is 0 Å². The number of hydrogen-bond donors (Lipinski definition) is 0. The van der Waals surface area contributed by atoms with E-state index in [4.69, 9.17) is 0 Å². The number of hydrogen-bond acceptors (Lipinski definition) is 2. The molecule has 2 aromatic heterocycles. The molecule has 0 radical (unpaired) electrons. The summed E-state index contributed by atoms with van der Waals surface area (Å²) in [6, 6.07) is 65.4. The first-order valence-electron chi connectivity index (χ1n) is 15.9. The zero-order valence-corrected chi connectivity index (χ0v) is 26.4. The van der Waals surface area contributed by atoms with Gasteiger partial charge in [-0.3, -0.25) is 4.40 Å². The van der Waals surface area contributed by atoms with Gasteiger partial charge in [0.1, 0.15) is 4.83 Å². The van der Waals surface area contributed by atoms with E-state index in [2.05, 4.69) is 191 Å². The van der Waals surface area contributed by atoms with Gasteiger partial charge in [0.2, 0.25) is 0 Å². The summed E-state index contributed by atoms with van der Waals surface area (Å²) in [6.45, 7) is 0. The van der Waals surface area contributed by atoms with Crippen molar-refractivity contribution >= 4 is 54.3 Å². The molecule has 0 spiro atoms. The van der Waals surface area contributed by atoms with E-state index in [1.54, 1.807) is 0 Å². The Balaban J connectivity index is 1.29. The topological polar surface area (TPSA) is 7.65 Å². The van der Waals surface area contributed by atoms with E-state index in [9.17, 15) is 0 Å². The van der Waals surface area contributed by atoms with Crippen LogP contribution in [-0.4, -0.2) is 4.40 Å². The third kappa shape index (κ3) is 4.72. The summed E-state index contributed by atoms with van der Waals surface area (Å²) in [5.74, 6) is 0. The lowest BCUT2D eigenvalue weighted by Gasteiger charge is -2.27. The van der Waals surface area contributed by atoms with E-state index < -0.39 is 0 Å². The molecule has 0 saturated heterocycles. The van der Waals surface area contributed by atoms with Gasteiger partial charge in [0, 0.05) is 22.3 Å². The number of fused-ring (bicyclic) bond motifs is 5. The van der Waals surface area contributed by atoms with E-state index in [1.165, 1.54) is 59.3 Å². The molecular weight excluding hydrogens is 589 g/mol. The summed E-state index contributed by atoms with van der Waals surface area (Å²) in [5.41, 5.74) is 13.2.